The number of fused-ring (bicyclic) bond motifs is 2. The molecular weight excluding hydrogens is 164 g/mol. The Balaban J connectivity index is 2.03. The fourth-order valence-corrected chi connectivity index (χ4v) is 2.47. The summed E-state index contributed by atoms with van der Waals surface area (Å²) in [4.78, 5) is 16.2. The third kappa shape index (κ3) is 1.35. The van der Waals surface area contributed by atoms with Crippen molar-refractivity contribution in [3.05, 3.63) is 0 Å². The highest BCUT2D eigenvalue weighted by Crippen LogP contribution is 2.30. The maximum absolute atomic E-state index is 11.7. The molecule has 0 N–H and O–H groups in total. The second kappa shape index (κ2) is 2.98. The molecule has 0 radical (unpaired) electrons. The van der Waals surface area contributed by atoms with E-state index < -0.39 is 0 Å². The molecule has 3 heteroatoms. The Morgan fingerprint density at radius 2 is 2.00 bits per heavy atom. The highest BCUT2D eigenvalue weighted by molar-refractivity contribution is 5.79. The van der Waals surface area contributed by atoms with Crippen LogP contribution in [0.15, 0.2) is 0 Å². The summed E-state index contributed by atoms with van der Waals surface area (Å²) in [6.07, 6.45) is 1.19. The van der Waals surface area contributed by atoms with Crippen molar-refractivity contribution in [3.63, 3.8) is 0 Å². The van der Waals surface area contributed by atoms with Gasteiger partial charge >= 0.3 is 0 Å². The molecule has 2 fully saturated rings. The molecule has 1 amide bonds. The number of carbonyl (C=O) groups is 1. The van der Waals surface area contributed by atoms with Crippen molar-refractivity contribution in [1.29, 1.82) is 0 Å². The molecule has 0 unspecified atom stereocenters. The molecule has 13 heavy (non-hydrogen) atoms. The van der Waals surface area contributed by atoms with Crippen molar-refractivity contribution >= 4 is 5.91 Å². The first-order valence-corrected chi connectivity index (χ1v) is 5.10. The van der Waals surface area contributed by atoms with Gasteiger partial charge in [0, 0.05) is 31.1 Å². The summed E-state index contributed by atoms with van der Waals surface area (Å²) in [5.41, 5.74) is 0. The topological polar surface area (TPSA) is 23.6 Å². The second-order valence-corrected chi connectivity index (χ2v) is 4.63. The molecule has 74 valence electrons. The molecule has 3 nitrogen and oxygen atoms in total. The molecule has 0 aliphatic carbocycles. The fourth-order valence-electron chi connectivity index (χ4n) is 2.47. The van der Waals surface area contributed by atoms with Crippen LogP contribution in [0.4, 0.5) is 0 Å². The molecular formula is C10H18N2O. The summed E-state index contributed by atoms with van der Waals surface area (Å²) in [7, 11) is 2.15. The van der Waals surface area contributed by atoms with Crippen molar-refractivity contribution < 1.29 is 4.79 Å². The molecule has 0 spiro atoms. The number of likely N-dealkylation sites (tertiary alicyclic amines) is 2. The van der Waals surface area contributed by atoms with Gasteiger partial charge in [-0.05, 0) is 13.5 Å². The minimum atomic E-state index is 0.157. The van der Waals surface area contributed by atoms with Gasteiger partial charge in [-0.25, -0.2) is 0 Å². The van der Waals surface area contributed by atoms with Crippen molar-refractivity contribution in [2.75, 3.05) is 20.1 Å². The van der Waals surface area contributed by atoms with Crippen molar-refractivity contribution in [1.82, 2.24) is 9.80 Å². The number of hydrogen-bond acceptors (Lipinski definition) is 2. The summed E-state index contributed by atoms with van der Waals surface area (Å²) in [6, 6.07) is 1.14. The minimum absolute atomic E-state index is 0.157. The van der Waals surface area contributed by atoms with E-state index in [4.69, 9.17) is 0 Å². The largest absolute Gasteiger partial charge is 0.337 e. The zero-order valence-corrected chi connectivity index (χ0v) is 8.66. The Kier molecular flexibility index (Phi) is 2.06. The van der Waals surface area contributed by atoms with Gasteiger partial charge in [0.05, 0.1) is 0 Å². The third-order valence-corrected chi connectivity index (χ3v) is 3.29. The van der Waals surface area contributed by atoms with Crippen molar-refractivity contribution in [2.45, 2.75) is 32.4 Å². The standard InChI is InChI=1S/C10H18N2O/c1-7(2)10(13)12-6-8-4-9(12)5-11(8)3/h7-9H,4-6H2,1-3H3/t8-,9-/m0/s1. The van der Waals surface area contributed by atoms with E-state index >= 15 is 0 Å². The van der Waals surface area contributed by atoms with Crippen LogP contribution in [-0.2, 0) is 4.79 Å². The number of hydrogen-bond donors (Lipinski definition) is 0. The van der Waals surface area contributed by atoms with Crippen LogP contribution in [0.2, 0.25) is 0 Å². The molecule has 0 aromatic carbocycles. The van der Waals surface area contributed by atoms with Gasteiger partial charge in [-0.1, -0.05) is 13.8 Å². The van der Waals surface area contributed by atoms with Crippen LogP contribution in [-0.4, -0.2) is 47.9 Å². The summed E-state index contributed by atoms with van der Waals surface area (Å²) >= 11 is 0. The van der Waals surface area contributed by atoms with Gasteiger partial charge in [-0.3, -0.25) is 9.69 Å². The van der Waals surface area contributed by atoms with Crippen LogP contribution in [0.25, 0.3) is 0 Å². The minimum Gasteiger partial charge on any atom is -0.337 e. The average molecular weight is 182 g/mol. The molecule has 2 atom stereocenters. The Bertz CT molecular complexity index is 225. The zero-order chi connectivity index (χ0) is 9.59. The number of likely N-dealkylation sites (N-methyl/N-ethyl adjacent to an activating group) is 1. The summed E-state index contributed by atoms with van der Waals surface area (Å²) < 4.78 is 0. The summed E-state index contributed by atoms with van der Waals surface area (Å²) in [5, 5.41) is 0. The van der Waals surface area contributed by atoms with E-state index in [-0.39, 0.29) is 5.92 Å². The number of carbonyl (C=O) groups excluding carboxylic acids is 1. The van der Waals surface area contributed by atoms with Gasteiger partial charge < -0.3 is 4.90 Å². The first kappa shape index (κ1) is 9.00. The highest BCUT2D eigenvalue weighted by Gasteiger charge is 2.43. The first-order valence-electron chi connectivity index (χ1n) is 5.10. The Labute approximate surface area is 79.7 Å². The van der Waals surface area contributed by atoms with Gasteiger partial charge in [0.15, 0.2) is 0 Å². The van der Waals surface area contributed by atoms with Gasteiger partial charge in [0.25, 0.3) is 0 Å². The molecule has 0 aromatic heterocycles. The molecule has 2 bridgehead atoms. The normalized spacial score (nSPS) is 33.4. The lowest BCUT2D eigenvalue weighted by molar-refractivity contribution is -0.136. The number of rotatable bonds is 1. The predicted molar refractivity (Wildman–Crippen MR) is 51.4 cm³/mol. The van der Waals surface area contributed by atoms with Crippen LogP contribution in [0.1, 0.15) is 20.3 Å². The van der Waals surface area contributed by atoms with Crippen LogP contribution >= 0.6 is 0 Å². The van der Waals surface area contributed by atoms with E-state index in [1.807, 2.05) is 13.8 Å². The Hall–Kier alpha value is -0.570. The quantitative estimate of drug-likeness (QED) is 0.591. The molecule has 0 saturated carbocycles. The van der Waals surface area contributed by atoms with E-state index in [1.54, 1.807) is 0 Å². The molecule has 2 rings (SSSR count). The molecule has 0 aromatic rings. The van der Waals surface area contributed by atoms with E-state index in [9.17, 15) is 4.79 Å². The SMILES string of the molecule is CC(C)C(=O)N1C[C@@H]2C[C@H]1CN2C. The van der Waals surface area contributed by atoms with E-state index in [0.29, 0.717) is 18.0 Å². The lowest BCUT2D eigenvalue weighted by Gasteiger charge is -2.33. The Morgan fingerprint density at radius 3 is 2.38 bits per heavy atom. The van der Waals surface area contributed by atoms with Gasteiger partial charge in [0.1, 0.15) is 0 Å². The van der Waals surface area contributed by atoms with Gasteiger partial charge in [0.2, 0.25) is 5.91 Å². The highest BCUT2D eigenvalue weighted by atomic mass is 16.2. The molecule has 2 saturated heterocycles. The maximum Gasteiger partial charge on any atom is 0.225 e. The number of nitrogens with zero attached hydrogens (tertiary/aromatic N) is 2. The van der Waals surface area contributed by atoms with E-state index in [0.717, 1.165) is 13.1 Å². The van der Waals surface area contributed by atoms with Crippen LogP contribution in [0, 0.1) is 5.92 Å². The lowest BCUT2D eigenvalue weighted by Crippen LogP contribution is -2.48. The average Bonchev–Trinajstić information content (AvgIpc) is 2.60. The van der Waals surface area contributed by atoms with Gasteiger partial charge in [-0.2, -0.15) is 0 Å². The van der Waals surface area contributed by atoms with Crippen molar-refractivity contribution in [3.8, 4) is 0 Å². The number of amides is 1. The summed E-state index contributed by atoms with van der Waals surface area (Å²) in [6.45, 7) is 6.00. The molecule has 2 heterocycles. The molecule has 2 aliphatic rings. The smallest absolute Gasteiger partial charge is 0.225 e. The second-order valence-electron chi connectivity index (χ2n) is 4.63. The van der Waals surface area contributed by atoms with Crippen molar-refractivity contribution in [2.24, 2.45) is 5.92 Å². The maximum atomic E-state index is 11.7. The Morgan fingerprint density at radius 1 is 1.31 bits per heavy atom. The zero-order valence-electron chi connectivity index (χ0n) is 8.66. The van der Waals surface area contributed by atoms with Crippen LogP contribution in [0.3, 0.4) is 0 Å². The summed E-state index contributed by atoms with van der Waals surface area (Å²) in [5.74, 6) is 0.491. The lowest BCUT2D eigenvalue weighted by atomic mass is 10.1. The first-order chi connectivity index (χ1) is 6.09. The van der Waals surface area contributed by atoms with E-state index in [1.165, 1.54) is 6.42 Å². The van der Waals surface area contributed by atoms with Gasteiger partial charge in [-0.15, -0.1) is 0 Å². The number of piperazine rings is 1. The monoisotopic (exact) mass is 182 g/mol. The van der Waals surface area contributed by atoms with E-state index in [2.05, 4.69) is 16.8 Å². The molecule has 2 aliphatic heterocycles. The predicted octanol–water partition coefficient (Wildman–Crippen LogP) is 0.557. The fraction of sp³-hybridized carbons (Fsp3) is 0.900. The van der Waals surface area contributed by atoms with Crippen LogP contribution in [0.5, 0.6) is 0 Å². The third-order valence-electron chi connectivity index (χ3n) is 3.29. The van der Waals surface area contributed by atoms with Crippen LogP contribution < -0.4 is 0 Å².